The summed E-state index contributed by atoms with van der Waals surface area (Å²) in [6.07, 6.45) is 0.490. The summed E-state index contributed by atoms with van der Waals surface area (Å²) in [5.41, 5.74) is 1.65. The highest BCUT2D eigenvalue weighted by molar-refractivity contribution is 6.06. The van der Waals surface area contributed by atoms with Crippen LogP contribution >= 0.6 is 0 Å². The fourth-order valence-electron chi connectivity index (χ4n) is 3.90. The summed E-state index contributed by atoms with van der Waals surface area (Å²) in [7, 11) is 0. The number of benzene rings is 2. The van der Waals surface area contributed by atoms with Gasteiger partial charge >= 0.3 is 5.97 Å². The first-order chi connectivity index (χ1) is 16.6. The molecule has 2 aliphatic heterocycles. The molecule has 1 saturated heterocycles. The first kappa shape index (κ1) is 24.1. The van der Waals surface area contributed by atoms with E-state index in [1.165, 1.54) is 4.90 Å². The van der Waals surface area contributed by atoms with E-state index in [4.69, 9.17) is 9.47 Å². The number of carbonyl (C=O) groups excluding carboxylic acids is 4. The number of carbonyl (C=O) groups is 4. The topological polar surface area (TPSA) is 127 Å². The van der Waals surface area contributed by atoms with Gasteiger partial charge in [0.15, 0.2) is 6.61 Å². The van der Waals surface area contributed by atoms with E-state index in [0.717, 1.165) is 0 Å². The number of imide groups is 1. The molecule has 2 aromatic rings. The minimum Gasteiger partial charge on any atom is -0.482 e. The first-order valence-electron chi connectivity index (χ1n) is 11.2. The van der Waals surface area contributed by atoms with Crippen molar-refractivity contribution in [1.29, 1.82) is 0 Å². The lowest BCUT2D eigenvalue weighted by Crippen LogP contribution is -2.52. The Bertz CT molecular complexity index is 1200. The van der Waals surface area contributed by atoms with Crippen LogP contribution in [-0.2, 0) is 25.7 Å². The number of azo groups is 1. The van der Waals surface area contributed by atoms with Crippen LogP contribution in [0.5, 0.6) is 5.75 Å². The van der Waals surface area contributed by atoms with E-state index >= 15 is 0 Å². The van der Waals surface area contributed by atoms with Crippen molar-refractivity contribution in [1.82, 2.24) is 10.2 Å². The fourth-order valence-corrected chi connectivity index (χ4v) is 3.90. The Labute approximate surface area is 202 Å². The van der Waals surface area contributed by atoms with E-state index in [2.05, 4.69) is 15.5 Å². The van der Waals surface area contributed by atoms with E-state index in [0.29, 0.717) is 34.7 Å². The van der Waals surface area contributed by atoms with Crippen molar-refractivity contribution >= 4 is 35.1 Å². The normalized spacial score (nSPS) is 18.0. The second kappa shape index (κ2) is 9.65. The molecule has 0 saturated carbocycles. The molecular formula is C25H26N4O6. The van der Waals surface area contributed by atoms with Gasteiger partial charge in [-0.25, -0.2) is 4.79 Å². The molecule has 1 atom stereocenters. The van der Waals surface area contributed by atoms with Crippen LogP contribution in [0.25, 0.3) is 0 Å². The number of hydrogen-bond donors (Lipinski definition) is 1. The van der Waals surface area contributed by atoms with Gasteiger partial charge in [0.25, 0.3) is 5.91 Å². The van der Waals surface area contributed by atoms with Crippen LogP contribution in [0.2, 0.25) is 0 Å². The molecule has 1 N–H and O–H groups in total. The van der Waals surface area contributed by atoms with Gasteiger partial charge in [-0.05, 0) is 63.6 Å². The highest BCUT2D eigenvalue weighted by atomic mass is 16.6. The Morgan fingerprint density at radius 2 is 1.83 bits per heavy atom. The second-order valence-electron chi connectivity index (χ2n) is 9.27. The predicted octanol–water partition coefficient (Wildman–Crippen LogP) is 3.58. The maximum Gasteiger partial charge on any atom is 0.344 e. The summed E-state index contributed by atoms with van der Waals surface area (Å²) in [5.74, 6) is -1.02. The number of piperidine rings is 1. The molecule has 2 aromatic carbocycles. The molecule has 3 amide bonds. The Morgan fingerprint density at radius 3 is 2.51 bits per heavy atom. The number of nitrogens with one attached hydrogen (secondary N) is 1. The second-order valence-corrected chi connectivity index (χ2v) is 9.27. The average Bonchev–Trinajstić information content (AvgIpc) is 3.13. The van der Waals surface area contributed by atoms with Gasteiger partial charge in [0, 0.05) is 24.1 Å². The van der Waals surface area contributed by atoms with Crippen molar-refractivity contribution in [3.63, 3.8) is 0 Å². The molecule has 10 nitrogen and oxygen atoms in total. The van der Waals surface area contributed by atoms with Crippen LogP contribution in [0.1, 0.15) is 49.5 Å². The summed E-state index contributed by atoms with van der Waals surface area (Å²) < 4.78 is 10.7. The number of esters is 1. The summed E-state index contributed by atoms with van der Waals surface area (Å²) in [6.45, 7) is 5.37. The average molecular weight is 479 g/mol. The molecule has 0 aromatic heterocycles. The minimum atomic E-state index is -0.689. The third kappa shape index (κ3) is 5.71. The molecule has 35 heavy (non-hydrogen) atoms. The molecule has 0 aliphatic carbocycles. The first-order valence-corrected chi connectivity index (χ1v) is 11.2. The van der Waals surface area contributed by atoms with E-state index in [-0.39, 0.29) is 31.4 Å². The molecule has 4 rings (SSSR count). The Balaban J connectivity index is 1.42. The highest BCUT2D eigenvalue weighted by Crippen LogP contribution is 2.34. The lowest BCUT2D eigenvalue weighted by molar-refractivity contribution is -0.157. The molecular weight excluding hydrogens is 452 g/mol. The Kier molecular flexibility index (Phi) is 6.63. The predicted molar refractivity (Wildman–Crippen MR) is 124 cm³/mol. The number of hydrogen-bond acceptors (Lipinski definition) is 8. The minimum absolute atomic E-state index is 0.195. The van der Waals surface area contributed by atoms with Crippen LogP contribution in [0.4, 0.5) is 11.4 Å². The van der Waals surface area contributed by atoms with Crippen molar-refractivity contribution in [2.45, 2.75) is 51.8 Å². The summed E-state index contributed by atoms with van der Waals surface area (Å²) in [4.78, 5) is 49.9. The van der Waals surface area contributed by atoms with Gasteiger partial charge in [0.1, 0.15) is 17.4 Å². The van der Waals surface area contributed by atoms with Crippen molar-refractivity contribution < 1.29 is 28.7 Å². The molecule has 10 heteroatoms. The van der Waals surface area contributed by atoms with Gasteiger partial charge in [-0.1, -0.05) is 6.07 Å². The number of fused-ring (bicyclic) bond motifs is 1. The summed E-state index contributed by atoms with van der Waals surface area (Å²) in [6, 6.07) is 11.2. The molecule has 1 fully saturated rings. The van der Waals surface area contributed by atoms with Gasteiger partial charge in [0.2, 0.25) is 11.8 Å². The standard InChI is InChI=1S/C25H26N4O6/c1-25(2,3)35-22(31)14-34-16-9-7-15(8-10-16)27-28-19-6-4-5-17-18(19)13-29(24(17)33)20-11-12-21(30)26-23(20)32/h4-10,20H,11-14H2,1-3H3,(H,26,30,32). The summed E-state index contributed by atoms with van der Waals surface area (Å²) in [5, 5.41) is 10.9. The van der Waals surface area contributed by atoms with Gasteiger partial charge in [0.05, 0.1) is 11.4 Å². The SMILES string of the molecule is CC(C)(C)OC(=O)COc1ccc(N=Nc2cccc3c2CN(C2CCC(=O)NC2=O)C3=O)cc1. The van der Waals surface area contributed by atoms with Crippen LogP contribution in [0, 0.1) is 0 Å². The van der Waals surface area contributed by atoms with Gasteiger partial charge in [-0.15, -0.1) is 0 Å². The van der Waals surface area contributed by atoms with Crippen molar-refractivity contribution in [2.24, 2.45) is 10.2 Å². The lowest BCUT2D eigenvalue weighted by Gasteiger charge is -2.29. The number of nitrogens with zero attached hydrogens (tertiary/aromatic N) is 3. The van der Waals surface area contributed by atoms with Crippen molar-refractivity contribution in [2.75, 3.05) is 6.61 Å². The number of ether oxygens (including phenoxy) is 2. The molecule has 0 bridgehead atoms. The Morgan fingerprint density at radius 1 is 1.09 bits per heavy atom. The Hall–Kier alpha value is -4.08. The zero-order valence-electron chi connectivity index (χ0n) is 19.7. The largest absolute Gasteiger partial charge is 0.482 e. The zero-order valence-corrected chi connectivity index (χ0v) is 19.7. The van der Waals surface area contributed by atoms with E-state index in [9.17, 15) is 19.2 Å². The third-order valence-electron chi connectivity index (χ3n) is 5.44. The molecule has 182 valence electrons. The zero-order chi connectivity index (χ0) is 25.2. The van der Waals surface area contributed by atoms with Crippen molar-refractivity contribution in [3.05, 3.63) is 53.6 Å². The smallest absolute Gasteiger partial charge is 0.344 e. The van der Waals surface area contributed by atoms with Gasteiger partial charge in [-0.3, -0.25) is 19.7 Å². The highest BCUT2D eigenvalue weighted by Gasteiger charge is 2.39. The maximum absolute atomic E-state index is 12.9. The lowest BCUT2D eigenvalue weighted by atomic mass is 10.0. The quantitative estimate of drug-likeness (QED) is 0.384. The van der Waals surface area contributed by atoms with Crippen LogP contribution in [0.15, 0.2) is 52.7 Å². The monoisotopic (exact) mass is 478 g/mol. The van der Waals surface area contributed by atoms with Crippen LogP contribution in [-0.4, -0.2) is 46.8 Å². The summed E-state index contributed by atoms with van der Waals surface area (Å²) >= 11 is 0. The molecule has 1 unspecified atom stereocenters. The molecule has 0 radical (unpaired) electrons. The molecule has 0 spiro atoms. The van der Waals surface area contributed by atoms with Crippen LogP contribution < -0.4 is 10.1 Å². The fraction of sp³-hybridized carbons (Fsp3) is 0.360. The number of rotatable bonds is 6. The van der Waals surface area contributed by atoms with E-state index in [1.807, 2.05) is 0 Å². The molecule has 2 heterocycles. The molecule has 2 aliphatic rings. The number of amides is 3. The van der Waals surface area contributed by atoms with E-state index < -0.39 is 23.5 Å². The van der Waals surface area contributed by atoms with Crippen LogP contribution in [0.3, 0.4) is 0 Å². The van der Waals surface area contributed by atoms with Gasteiger partial charge in [-0.2, -0.15) is 10.2 Å². The van der Waals surface area contributed by atoms with E-state index in [1.54, 1.807) is 63.2 Å². The van der Waals surface area contributed by atoms with Crippen molar-refractivity contribution in [3.8, 4) is 5.75 Å². The van der Waals surface area contributed by atoms with Gasteiger partial charge < -0.3 is 14.4 Å². The maximum atomic E-state index is 12.9. The third-order valence-corrected chi connectivity index (χ3v) is 5.44.